The molecule has 2 atom stereocenters. The molecule has 1 heterocycles. The van der Waals surface area contributed by atoms with Gasteiger partial charge in [-0.25, -0.2) is 0 Å². The van der Waals surface area contributed by atoms with Gasteiger partial charge in [0.2, 0.25) is 0 Å². The smallest absolute Gasteiger partial charge is 0.0768 e. The van der Waals surface area contributed by atoms with Crippen molar-refractivity contribution in [3.8, 4) is 0 Å². The van der Waals surface area contributed by atoms with Crippen LogP contribution in [0.25, 0.3) is 0 Å². The van der Waals surface area contributed by atoms with Crippen LogP contribution in [-0.4, -0.2) is 34.7 Å². The Balaban J connectivity index is 2.54. The molecule has 0 aliphatic carbocycles. The SMILES string of the molecule is CCC1CCCCN1CC(C)(O)C(C)C. The van der Waals surface area contributed by atoms with E-state index < -0.39 is 5.60 Å². The van der Waals surface area contributed by atoms with Crippen LogP contribution in [0, 0.1) is 5.92 Å². The Bertz CT molecular complexity index is 189. The van der Waals surface area contributed by atoms with E-state index >= 15 is 0 Å². The molecule has 1 aliphatic heterocycles. The average Bonchev–Trinajstić information content (AvgIpc) is 2.18. The lowest BCUT2D eigenvalue weighted by Crippen LogP contribution is -2.50. The number of likely N-dealkylation sites (tertiary alicyclic amines) is 1. The summed E-state index contributed by atoms with van der Waals surface area (Å²) in [5.41, 5.74) is -0.537. The monoisotopic (exact) mass is 213 g/mol. The van der Waals surface area contributed by atoms with Gasteiger partial charge in [0.1, 0.15) is 0 Å². The Morgan fingerprint density at radius 3 is 2.60 bits per heavy atom. The molecule has 90 valence electrons. The van der Waals surface area contributed by atoms with Gasteiger partial charge in [-0.15, -0.1) is 0 Å². The molecule has 2 heteroatoms. The standard InChI is InChI=1S/C13H27NO/c1-5-12-8-6-7-9-14(12)10-13(4,15)11(2)3/h11-12,15H,5-10H2,1-4H3. The van der Waals surface area contributed by atoms with Crippen LogP contribution in [0.4, 0.5) is 0 Å². The molecule has 0 amide bonds. The van der Waals surface area contributed by atoms with Crippen molar-refractivity contribution in [2.45, 2.75) is 65.0 Å². The first-order valence-corrected chi connectivity index (χ1v) is 6.43. The maximum atomic E-state index is 10.3. The van der Waals surface area contributed by atoms with Crippen LogP contribution in [0.1, 0.15) is 53.4 Å². The summed E-state index contributed by atoms with van der Waals surface area (Å²) in [5.74, 6) is 0.330. The van der Waals surface area contributed by atoms with E-state index in [-0.39, 0.29) is 0 Å². The van der Waals surface area contributed by atoms with Crippen molar-refractivity contribution in [1.29, 1.82) is 0 Å². The predicted octanol–water partition coefficient (Wildman–Crippen LogP) is 2.66. The first-order chi connectivity index (χ1) is 6.97. The second-order valence-corrected chi connectivity index (χ2v) is 5.54. The summed E-state index contributed by atoms with van der Waals surface area (Å²) in [6, 6.07) is 0.698. The fourth-order valence-electron chi connectivity index (χ4n) is 2.32. The van der Waals surface area contributed by atoms with Crippen LogP contribution in [0.15, 0.2) is 0 Å². The number of rotatable bonds is 4. The molecule has 0 aromatic rings. The van der Waals surface area contributed by atoms with Gasteiger partial charge in [0.25, 0.3) is 0 Å². The van der Waals surface area contributed by atoms with Gasteiger partial charge in [-0.2, -0.15) is 0 Å². The maximum absolute atomic E-state index is 10.3. The minimum Gasteiger partial charge on any atom is -0.389 e. The molecule has 15 heavy (non-hydrogen) atoms. The average molecular weight is 213 g/mol. The Kier molecular flexibility index (Phi) is 4.60. The van der Waals surface area contributed by atoms with Crippen molar-refractivity contribution in [3.05, 3.63) is 0 Å². The van der Waals surface area contributed by atoms with Crippen molar-refractivity contribution in [1.82, 2.24) is 4.90 Å². The number of β-amino-alcohol motifs (C(OH)–C–C–N with tert-alkyl or cyclic N) is 1. The number of hydrogen-bond acceptors (Lipinski definition) is 2. The van der Waals surface area contributed by atoms with Gasteiger partial charge < -0.3 is 5.11 Å². The van der Waals surface area contributed by atoms with E-state index in [1.54, 1.807) is 0 Å². The van der Waals surface area contributed by atoms with Crippen LogP contribution >= 0.6 is 0 Å². The van der Waals surface area contributed by atoms with Crippen LogP contribution in [-0.2, 0) is 0 Å². The first kappa shape index (κ1) is 13.0. The van der Waals surface area contributed by atoms with E-state index in [0.29, 0.717) is 12.0 Å². The van der Waals surface area contributed by atoms with Crippen molar-refractivity contribution in [2.24, 2.45) is 5.92 Å². The minimum absolute atomic E-state index is 0.330. The minimum atomic E-state index is -0.537. The summed E-state index contributed by atoms with van der Waals surface area (Å²) in [7, 11) is 0. The molecule has 1 aliphatic rings. The Labute approximate surface area is 94.7 Å². The summed E-state index contributed by atoms with van der Waals surface area (Å²) >= 11 is 0. The third kappa shape index (κ3) is 3.46. The second kappa shape index (κ2) is 5.31. The van der Waals surface area contributed by atoms with Crippen LogP contribution in [0.3, 0.4) is 0 Å². The molecule has 1 saturated heterocycles. The lowest BCUT2D eigenvalue weighted by Gasteiger charge is -2.41. The molecule has 1 N–H and O–H groups in total. The molecule has 0 radical (unpaired) electrons. The fraction of sp³-hybridized carbons (Fsp3) is 1.00. The highest BCUT2D eigenvalue weighted by molar-refractivity contribution is 4.85. The third-order valence-electron chi connectivity index (χ3n) is 3.99. The lowest BCUT2D eigenvalue weighted by atomic mass is 9.89. The molecular formula is C13H27NO. The van der Waals surface area contributed by atoms with Crippen molar-refractivity contribution < 1.29 is 5.11 Å². The quantitative estimate of drug-likeness (QED) is 0.776. The molecule has 0 bridgehead atoms. The summed E-state index contributed by atoms with van der Waals surface area (Å²) < 4.78 is 0. The summed E-state index contributed by atoms with van der Waals surface area (Å²) in [6.45, 7) is 10.4. The molecule has 2 nitrogen and oxygen atoms in total. The van der Waals surface area contributed by atoms with E-state index in [2.05, 4.69) is 25.7 Å². The highest BCUT2D eigenvalue weighted by atomic mass is 16.3. The maximum Gasteiger partial charge on any atom is 0.0768 e. The van der Waals surface area contributed by atoms with Crippen molar-refractivity contribution >= 4 is 0 Å². The zero-order valence-corrected chi connectivity index (χ0v) is 10.8. The van der Waals surface area contributed by atoms with Gasteiger partial charge >= 0.3 is 0 Å². The molecule has 2 unspecified atom stereocenters. The van der Waals surface area contributed by atoms with E-state index in [1.807, 2.05) is 6.92 Å². The number of aliphatic hydroxyl groups is 1. The number of hydrogen-bond donors (Lipinski definition) is 1. The summed E-state index contributed by atoms with van der Waals surface area (Å²) in [6.07, 6.45) is 5.18. The van der Waals surface area contributed by atoms with Crippen molar-refractivity contribution in [3.63, 3.8) is 0 Å². The Morgan fingerprint density at radius 2 is 2.07 bits per heavy atom. The molecular weight excluding hydrogens is 186 g/mol. The van der Waals surface area contributed by atoms with Gasteiger partial charge in [-0.1, -0.05) is 27.2 Å². The highest BCUT2D eigenvalue weighted by Crippen LogP contribution is 2.24. The molecule has 0 aromatic carbocycles. The topological polar surface area (TPSA) is 23.5 Å². The summed E-state index contributed by atoms with van der Waals surface area (Å²) in [5, 5.41) is 10.3. The molecule has 0 aromatic heterocycles. The van der Waals surface area contributed by atoms with Crippen LogP contribution in [0.5, 0.6) is 0 Å². The van der Waals surface area contributed by atoms with E-state index in [4.69, 9.17) is 0 Å². The molecule has 0 spiro atoms. The number of nitrogens with zero attached hydrogens (tertiary/aromatic N) is 1. The van der Waals surface area contributed by atoms with Gasteiger partial charge in [0.15, 0.2) is 0 Å². The van der Waals surface area contributed by atoms with Gasteiger partial charge in [-0.3, -0.25) is 4.90 Å². The highest BCUT2D eigenvalue weighted by Gasteiger charge is 2.31. The molecule has 1 fully saturated rings. The largest absolute Gasteiger partial charge is 0.389 e. The Hall–Kier alpha value is -0.0800. The van der Waals surface area contributed by atoms with E-state index in [1.165, 1.54) is 32.2 Å². The molecule has 0 saturated carbocycles. The fourth-order valence-corrected chi connectivity index (χ4v) is 2.32. The van der Waals surface area contributed by atoms with Crippen LogP contribution in [0.2, 0.25) is 0 Å². The molecule has 1 rings (SSSR count). The van der Waals surface area contributed by atoms with Gasteiger partial charge in [-0.05, 0) is 38.6 Å². The first-order valence-electron chi connectivity index (χ1n) is 6.43. The summed E-state index contributed by atoms with van der Waals surface area (Å²) in [4.78, 5) is 2.49. The van der Waals surface area contributed by atoms with Gasteiger partial charge in [0.05, 0.1) is 5.60 Å². The third-order valence-corrected chi connectivity index (χ3v) is 3.99. The van der Waals surface area contributed by atoms with E-state index in [0.717, 1.165) is 6.54 Å². The van der Waals surface area contributed by atoms with Gasteiger partial charge in [0, 0.05) is 12.6 Å². The van der Waals surface area contributed by atoms with Crippen molar-refractivity contribution in [2.75, 3.05) is 13.1 Å². The predicted molar refractivity (Wildman–Crippen MR) is 65.0 cm³/mol. The lowest BCUT2D eigenvalue weighted by molar-refractivity contribution is -0.0362. The van der Waals surface area contributed by atoms with E-state index in [9.17, 15) is 5.11 Å². The zero-order valence-electron chi connectivity index (χ0n) is 10.8. The van der Waals surface area contributed by atoms with Crippen LogP contribution < -0.4 is 0 Å². The normalized spacial score (nSPS) is 28.0. The zero-order chi connectivity index (χ0) is 11.5. The second-order valence-electron chi connectivity index (χ2n) is 5.54. The number of piperidine rings is 1. The Morgan fingerprint density at radius 1 is 1.40 bits per heavy atom.